The van der Waals surface area contributed by atoms with Crippen LogP contribution in [0.3, 0.4) is 0 Å². The largest absolute Gasteiger partial charge is 0.342 e. The Bertz CT molecular complexity index is 229. The Balaban J connectivity index is 4.16. The first kappa shape index (κ1) is 15.0. The van der Waals surface area contributed by atoms with Crippen LogP contribution < -0.4 is 0 Å². The second-order valence-electron chi connectivity index (χ2n) is 5.08. The summed E-state index contributed by atoms with van der Waals surface area (Å²) in [5.41, 5.74) is 0. The summed E-state index contributed by atoms with van der Waals surface area (Å²) in [5, 5.41) is 8.54. The average molecular weight is 224 g/mol. The number of carbonyl (C=O) groups excluding carboxylic acids is 1. The molecule has 0 aromatic heterocycles. The number of rotatable bonds is 7. The van der Waals surface area contributed by atoms with E-state index in [1.165, 1.54) is 0 Å². The van der Waals surface area contributed by atoms with Gasteiger partial charge in [0.05, 0.1) is 6.07 Å². The van der Waals surface area contributed by atoms with Gasteiger partial charge in [-0.2, -0.15) is 5.26 Å². The van der Waals surface area contributed by atoms with Gasteiger partial charge in [0.1, 0.15) is 6.42 Å². The molecule has 3 heteroatoms. The summed E-state index contributed by atoms with van der Waals surface area (Å²) < 4.78 is 0. The maximum Gasteiger partial charge on any atom is 0.236 e. The SMILES string of the molecule is CC(C)CCN(CCC(C)C)C(=O)CC#N. The fourth-order valence-corrected chi connectivity index (χ4v) is 1.37. The fourth-order valence-electron chi connectivity index (χ4n) is 1.37. The summed E-state index contributed by atoms with van der Waals surface area (Å²) in [5.74, 6) is 1.16. The van der Waals surface area contributed by atoms with Crippen molar-refractivity contribution >= 4 is 5.91 Å². The van der Waals surface area contributed by atoms with E-state index in [0.29, 0.717) is 11.8 Å². The first-order chi connectivity index (χ1) is 7.47. The van der Waals surface area contributed by atoms with Gasteiger partial charge in [-0.15, -0.1) is 0 Å². The van der Waals surface area contributed by atoms with Gasteiger partial charge < -0.3 is 4.90 Å². The molecule has 0 bridgehead atoms. The van der Waals surface area contributed by atoms with Crippen LogP contribution in [0.5, 0.6) is 0 Å². The zero-order valence-corrected chi connectivity index (χ0v) is 11.0. The number of amides is 1. The molecule has 0 aromatic rings. The highest BCUT2D eigenvalue weighted by molar-refractivity contribution is 5.78. The molecule has 16 heavy (non-hydrogen) atoms. The summed E-state index contributed by atoms with van der Waals surface area (Å²) in [6.07, 6.45) is 2.03. The van der Waals surface area contributed by atoms with Crippen molar-refractivity contribution in [2.24, 2.45) is 11.8 Å². The molecule has 0 aliphatic carbocycles. The van der Waals surface area contributed by atoms with Crippen LogP contribution in [0.15, 0.2) is 0 Å². The van der Waals surface area contributed by atoms with Gasteiger partial charge in [0.25, 0.3) is 0 Å². The Morgan fingerprint density at radius 3 is 1.88 bits per heavy atom. The van der Waals surface area contributed by atoms with Crippen LogP contribution in [0.4, 0.5) is 0 Å². The zero-order valence-electron chi connectivity index (χ0n) is 11.0. The van der Waals surface area contributed by atoms with Crippen molar-refractivity contribution in [3.63, 3.8) is 0 Å². The fraction of sp³-hybridized carbons (Fsp3) is 0.846. The molecule has 0 rings (SSSR count). The van der Waals surface area contributed by atoms with Gasteiger partial charge in [-0.3, -0.25) is 4.79 Å². The molecule has 1 amide bonds. The lowest BCUT2D eigenvalue weighted by Gasteiger charge is -2.23. The highest BCUT2D eigenvalue weighted by atomic mass is 16.2. The third-order valence-corrected chi connectivity index (χ3v) is 2.54. The summed E-state index contributed by atoms with van der Waals surface area (Å²) in [4.78, 5) is 13.5. The van der Waals surface area contributed by atoms with E-state index in [2.05, 4.69) is 27.7 Å². The van der Waals surface area contributed by atoms with Crippen LogP contribution in [0.25, 0.3) is 0 Å². The third kappa shape index (κ3) is 7.28. The van der Waals surface area contributed by atoms with E-state index in [-0.39, 0.29) is 12.3 Å². The molecule has 0 saturated carbocycles. The second-order valence-corrected chi connectivity index (χ2v) is 5.08. The Morgan fingerprint density at radius 2 is 1.56 bits per heavy atom. The molecule has 0 aliphatic heterocycles. The lowest BCUT2D eigenvalue weighted by molar-refractivity contribution is -0.130. The Labute approximate surface area is 99.4 Å². The molecule has 0 N–H and O–H groups in total. The molecule has 92 valence electrons. The van der Waals surface area contributed by atoms with E-state index in [1.54, 1.807) is 0 Å². The standard InChI is InChI=1S/C13H24N2O/c1-11(2)6-9-15(10-7-12(3)4)13(16)5-8-14/h11-12H,5-7,9-10H2,1-4H3. The van der Waals surface area contributed by atoms with Crippen molar-refractivity contribution in [2.75, 3.05) is 13.1 Å². The average Bonchev–Trinajstić information content (AvgIpc) is 2.17. The van der Waals surface area contributed by atoms with Crippen molar-refractivity contribution in [1.82, 2.24) is 4.90 Å². The molecule has 0 saturated heterocycles. The van der Waals surface area contributed by atoms with Gasteiger partial charge in [0.15, 0.2) is 0 Å². The number of carbonyl (C=O) groups is 1. The highest BCUT2D eigenvalue weighted by Crippen LogP contribution is 2.07. The molecular formula is C13H24N2O. The molecular weight excluding hydrogens is 200 g/mol. The Hall–Kier alpha value is -1.04. The Kier molecular flexibility index (Phi) is 7.62. The molecule has 0 fully saturated rings. The monoisotopic (exact) mass is 224 g/mol. The van der Waals surface area contributed by atoms with E-state index in [4.69, 9.17) is 5.26 Å². The van der Waals surface area contributed by atoms with E-state index >= 15 is 0 Å². The minimum Gasteiger partial charge on any atom is -0.342 e. The van der Waals surface area contributed by atoms with Gasteiger partial charge in [0.2, 0.25) is 5.91 Å². The molecule has 0 atom stereocenters. The number of nitriles is 1. The minimum atomic E-state index is -0.0243. The van der Waals surface area contributed by atoms with E-state index in [0.717, 1.165) is 25.9 Å². The first-order valence-corrected chi connectivity index (χ1v) is 6.12. The lowest BCUT2D eigenvalue weighted by atomic mass is 10.1. The van der Waals surface area contributed by atoms with Gasteiger partial charge in [-0.05, 0) is 24.7 Å². The maximum absolute atomic E-state index is 11.7. The van der Waals surface area contributed by atoms with Crippen LogP contribution in [0.2, 0.25) is 0 Å². The van der Waals surface area contributed by atoms with Crippen molar-refractivity contribution in [1.29, 1.82) is 5.26 Å². The van der Waals surface area contributed by atoms with E-state index < -0.39 is 0 Å². The maximum atomic E-state index is 11.7. The van der Waals surface area contributed by atoms with Crippen LogP contribution in [-0.2, 0) is 4.79 Å². The minimum absolute atomic E-state index is 0.0101. The van der Waals surface area contributed by atoms with Crippen LogP contribution >= 0.6 is 0 Å². The van der Waals surface area contributed by atoms with Gasteiger partial charge >= 0.3 is 0 Å². The predicted molar refractivity (Wildman–Crippen MR) is 65.7 cm³/mol. The molecule has 0 unspecified atom stereocenters. The lowest BCUT2D eigenvalue weighted by Crippen LogP contribution is -2.33. The summed E-state index contributed by atoms with van der Waals surface area (Å²) in [6, 6.07) is 1.93. The first-order valence-electron chi connectivity index (χ1n) is 6.12. The van der Waals surface area contributed by atoms with Crippen molar-refractivity contribution in [3.8, 4) is 6.07 Å². The normalized spacial score (nSPS) is 10.6. The highest BCUT2D eigenvalue weighted by Gasteiger charge is 2.13. The summed E-state index contributed by atoms with van der Waals surface area (Å²) >= 11 is 0. The zero-order chi connectivity index (χ0) is 12.6. The molecule has 0 aliphatic rings. The van der Waals surface area contributed by atoms with Crippen molar-refractivity contribution in [3.05, 3.63) is 0 Å². The molecule has 3 nitrogen and oxygen atoms in total. The number of hydrogen-bond donors (Lipinski definition) is 0. The molecule has 0 heterocycles. The molecule has 0 aromatic carbocycles. The van der Waals surface area contributed by atoms with Crippen molar-refractivity contribution < 1.29 is 4.79 Å². The van der Waals surface area contributed by atoms with Crippen LogP contribution in [0, 0.1) is 23.2 Å². The number of hydrogen-bond acceptors (Lipinski definition) is 2. The summed E-state index contributed by atoms with van der Waals surface area (Å²) in [6.45, 7) is 10.2. The topological polar surface area (TPSA) is 44.1 Å². The predicted octanol–water partition coefficient (Wildman–Crippen LogP) is 2.82. The second kappa shape index (κ2) is 8.15. The number of nitrogens with zero attached hydrogens (tertiary/aromatic N) is 2. The van der Waals surface area contributed by atoms with E-state index in [1.807, 2.05) is 11.0 Å². The van der Waals surface area contributed by atoms with Gasteiger partial charge in [0, 0.05) is 13.1 Å². The quantitative estimate of drug-likeness (QED) is 0.667. The van der Waals surface area contributed by atoms with Crippen molar-refractivity contribution in [2.45, 2.75) is 47.0 Å². The Morgan fingerprint density at radius 1 is 1.12 bits per heavy atom. The van der Waals surface area contributed by atoms with Gasteiger partial charge in [-0.25, -0.2) is 0 Å². The molecule has 0 radical (unpaired) electrons. The van der Waals surface area contributed by atoms with Crippen LogP contribution in [0.1, 0.15) is 47.0 Å². The summed E-state index contributed by atoms with van der Waals surface area (Å²) in [7, 11) is 0. The smallest absolute Gasteiger partial charge is 0.236 e. The van der Waals surface area contributed by atoms with Gasteiger partial charge in [-0.1, -0.05) is 27.7 Å². The third-order valence-electron chi connectivity index (χ3n) is 2.54. The van der Waals surface area contributed by atoms with Crippen LogP contribution in [-0.4, -0.2) is 23.9 Å². The van der Waals surface area contributed by atoms with E-state index in [9.17, 15) is 4.79 Å². The molecule has 0 spiro atoms.